The Balaban J connectivity index is 0.00000196. The van der Waals surface area contributed by atoms with E-state index in [1.54, 1.807) is 18.9 Å². The number of methoxy groups -OCH3 is 1. The number of aromatic nitrogens is 2. The van der Waals surface area contributed by atoms with E-state index in [4.69, 9.17) is 4.74 Å². The molecule has 134 valence electrons. The van der Waals surface area contributed by atoms with Crippen LogP contribution in [-0.2, 0) is 0 Å². The molecule has 1 aliphatic rings. The standard InChI is InChI=1S/C19H17N3OS2.BrH/c1-12-18(16-11-25-17-6-4-3-5-15(17)21-16)22(19(24)20-12)13-7-9-14(23-2)10-8-13;/h3-11,21H,1-2H3,(H,20,24);1H. The SMILES string of the molecule is COc1ccc(-[n+]2c(S)[nH]c(C)c2C2=CSc3ccccc3N2)cc1.[Br-]. The second-order valence-electron chi connectivity index (χ2n) is 5.73. The molecule has 0 saturated carbocycles. The van der Waals surface area contributed by atoms with Crippen LogP contribution >= 0.6 is 24.4 Å². The van der Waals surface area contributed by atoms with E-state index in [0.717, 1.165) is 39.4 Å². The Kier molecular flexibility index (Phi) is 5.70. The van der Waals surface area contributed by atoms with Crippen LogP contribution < -0.4 is 31.6 Å². The van der Waals surface area contributed by atoms with Gasteiger partial charge in [0.1, 0.15) is 17.1 Å². The molecule has 2 N–H and O–H groups in total. The smallest absolute Gasteiger partial charge is 0.318 e. The third-order valence-corrected chi connectivity index (χ3v) is 5.41. The van der Waals surface area contributed by atoms with Gasteiger partial charge in [-0.1, -0.05) is 36.5 Å². The number of nitrogens with one attached hydrogen (secondary N) is 2. The van der Waals surface area contributed by atoms with Gasteiger partial charge in [-0.05, 0) is 36.4 Å². The Hall–Kier alpha value is -1.83. The summed E-state index contributed by atoms with van der Waals surface area (Å²) < 4.78 is 7.37. The van der Waals surface area contributed by atoms with E-state index in [9.17, 15) is 0 Å². The maximum atomic E-state index is 5.26. The Bertz CT molecular complexity index is 967. The van der Waals surface area contributed by atoms with Crippen LogP contribution in [0.3, 0.4) is 0 Å². The zero-order valence-electron chi connectivity index (χ0n) is 14.3. The molecule has 0 bridgehead atoms. The van der Waals surface area contributed by atoms with Gasteiger partial charge in [-0.15, -0.1) is 0 Å². The summed E-state index contributed by atoms with van der Waals surface area (Å²) in [5.41, 5.74) is 5.31. The van der Waals surface area contributed by atoms with Crippen LogP contribution in [0.2, 0.25) is 0 Å². The van der Waals surface area contributed by atoms with Gasteiger partial charge in [-0.3, -0.25) is 0 Å². The Morgan fingerprint density at radius 3 is 2.54 bits per heavy atom. The number of ether oxygens (including phenoxy) is 1. The highest BCUT2D eigenvalue weighted by Gasteiger charge is 2.27. The Morgan fingerprint density at radius 1 is 1.08 bits per heavy atom. The summed E-state index contributed by atoms with van der Waals surface area (Å²) >= 11 is 6.36. The molecule has 0 unspecified atom stereocenters. The number of anilines is 1. The van der Waals surface area contributed by atoms with E-state index in [1.807, 2.05) is 30.3 Å². The summed E-state index contributed by atoms with van der Waals surface area (Å²) in [5.74, 6) is 0.832. The van der Waals surface area contributed by atoms with Crippen molar-refractivity contribution in [3.05, 3.63) is 65.3 Å². The molecule has 0 spiro atoms. The number of rotatable bonds is 3. The molecular weight excluding hydrogens is 430 g/mol. The highest BCUT2D eigenvalue weighted by atomic mass is 79.9. The maximum Gasteiger partial charge on any atom is 0.318 e. The minimum atomic E-state index is 0. The molecule has 0 atom stereocenters. The molecule has 1 aliphatic heterocycles. The number of imidazole rings is 1. The molecular formula is C19H18BrN3OS2. The van der Waals surface area contributed by atoms with Crippen LogP contribution in [-0.4, -0.2) is 12.1 Å². The van der Waals surface area contributed by atoms with Gasteiger partial charge in [0.15, 0.2) is 5.69 Å². The first-order valence-electron chi connectivity index (χ1n) is 7.88. The molecule has 7 heteroatoms. The molecule has 2 heterocycles. The number of aromatic amines is 1. The number of aryl methyl sites for hydroxylation is 1. The van der Waals surface area contributed by atoms with Crippen LogP contribution in [0.25, 0.3) is 11.4 Å². The monoisotopic (exact) mass is 447 g/mol. The van der Waals surface area contributed by atoms with Crippen molar-refractivity contribution in [3.8, 4) is 11.4 Å². The van der Waals surface area contributed by atoms with Crippen molar-refractivity contribution < 1.29 is 26.3 Å². The topological polar surface area (TPSA) is 40.9 Å². The fourth-order valence-corrected chi connectivity index (χ4v) is 4.15. The molecule has 0 saturated heterocycles. The quantitative estimate of drug-likeness (QED) is 0.420. The first-order chi connectivity index (χ1) is 12.2. The molecule has 26 heavy (non-hydrogen) atoms. The van der Waals surface area contributed by atoms with E-state index < -0.39 is 0 Å². The number of thiol groups is 1. The van der Waals surface area contributed by atoms with Crippen LogP contribution in [0.1, 0.15) is 11.4 Å². The summed E-state index contributed by atoms with van der Waals surface area (Å²) in [6, 6.07) is 16.3. The first kappa shape index (κ1) is 18.9. The van der Waals surface area contributed by atoms with Gasteiger partial charge in [0.05, 0.1) is 18.5 Å². The molecule has 4 nitrogen and oxygen atoms in total. The fourth-order valence-electron chi connectivity index (χ4n) is 2.95. The van der Waals surface area contributed by atoms with Crippen molar-refractivity contribution in [2.75, 3.05) is 12.4 Å². The van der Waals surface area contributed by atoms with Gasteiger partial charge in [-0.25, -0.2) is 4.98 Å². The van der Waals surface area contributed by atoms with Gasteiger partial charge >= 0.3 is 5.16 Å². The van der Waals surface area contributed by atoms with Crippen LogP contribution in [0.4, 0.5) is 5.69 Å². The lowest BCUT2D eigenvalue weighted by atomic mass is 10.2. The number of halogens is 1. The predicted molar refractivity (Wildman–Crippen MR) is 105 cm³/mol. The zero-order chi connectivity index (χ0) is 17.4. The Morgan fingerprint density at radius 2 is 1.81 bits per heavy atom. The normalized spacial score (nSPS) is 12.5. The first-order valence-corrected chi connectivity index (χ1v) is 9.21. The van der Waals surface area contributed by atoms with Gasteiger partial charge in [0, 0.05) is 17.2 Å². The largest absolute Gasteiger partial charge is 1.00 e. The molecule has 0 amide bonds. The second kappa shape index (κ2) is 7.82. The average Bonchev–Trinajstić information content (AvgIpc) is 2.95. The number of fused-ring (bicyclic) bond motifs is 1. The lowest BCUT2D eigenvalue weighted by Gasteiger charge is -2.18. The minimum absolute atomic E-state index is 0. The van der Waals surface area contributed by atoms with E-state index in [2.05, 4.69) is 58.0 Å². The molecule has 0 radical (unpaired) electrons. The fraction of sp³-hybridized carbons (Fsp3) is 0.105. The zero-order valence-corrected chi connectivity index (χ0v) is 17.6. The molecule has 1 aromatic heterocycles. The van der Waals surface area contributed by atoms with Crippen LogP contribution in [0.15, 0.2) is 64.0 Å². The predicted octanol–water partition coefficient (Wildman–Crippen LogP) is 1.42. The van der Waals surface area contributed by atoms with Gasteiger partial charge in [0.2, 0.25) is 0 Å². The molecule has 3 aromatic rings. The number of H-pyrrole nitrogens is 1. The maximum absolute atomic E-state index is 5.26. The van der Waals surface area contributed by atoms with Gasteiger partial charge in [-0.2, -0.15) is 4.57 Å². The third kappa shape index (κ3) is 3.39. The molecule has 0 aliphatic carbocycles. The summed E-state index contributed by atoms with van der Waals surface area (Å²) in [6.45, 7) is 2.06. The van der Waals surface area contributed by atoms with E-state index in [-0.39, 0.29) is 17.0 Å². The summed E-state index contributed by atoms with van der Waals surface area (Å²) in [7, 11) is 1.67. The van der Waals surface area contributed by atoms with Gasteiger partial charge in [0.25, 0.3) is 0 Å². The molecule has 0 fully saturated rings. The number of thioether (sulfide) groups is 1. The number of hydrogen-bond acceptors (Lipinski definition) is 4. The number of hydrogen-bond donors (Lipinski definition) is 3. The lowest BCUT2D eigenvalue weighted by molar-refractivity contribution is -0.637. The van der Waals surface area contributed by atoms with Crippen molar-refractivity contribution in [2.24, 2.45) is 0 Å². The average molecular weight is 448 g/mol. The van der Waals surface area contributed by atoms with Crippen molar-refractivity contribution in [2.45, 2.75) is 17.0 Å². The summed E-state index contributed by atoms with van der Waals surface area (Å²) in [6.07, 6.45) is 0. The highest BCUT2D eigenvalue weighted by molar-refractivity contribution is 8.02. The van der Waals surface area contributed by atoms with Crippen LogP contribution in [0.5, 0.6) is 5.75 Å². The van der Waals surface area contributed by atoms with Gasteiger partial charge < -0.3 is 27.0 Å². The highest BCUT2D eigenvalue weighted by Crippen LogP contribution is 2.37. The van der Waals surface area contributed by atoms with E-state index in [0.29, 0.717) is 0 Å². The molecule has 4 rings (SSSR count). The van der Waals surface area contributed by atoms with E-state index >= 15 is 0 Å². The number of benzene rings is 2. The van der Waals surface area contributed by atoms with Crippen molar-refractivity contribution in [1.29, 1.82) is 0 Å². The summed E-state index contributed by atoms with van der Waals surface area (Å²) in [5, 5.41) is 6.47. The van der Waals surface area contributed by atoms with Crippen molar-refractivity contribution >= 4 is 35.8 Å². The van der Waals surface area contributed by atoms with Crippen molar-refractivity contribution in [3.63, 3.8) is 0 Å². The molecule has 2 aromatic carbocycles. The summed E-state index contributed by atoms with van der Waals surface area (Å²) in [4.78, 5) is 4.55. The second-order valence-corrected chi connectivity index (χ2v) is 7.06. The number of para-hydroxylation sites is 1. The lowest BCUT2D eigenvalue weighted by Crippen LogP contribution is -3.00. The minimum Gasteiger partial charge on any atom is -1.00 e. The third-order valence-electron chi connectivity index (χ3n) is 4.14. The van der Waals surface area contributed by atoms with Crippen LogP contribution in [0, 0.1) is 6.92 Å². The number of nitrogens with zero attached hydrogens (tertiary/aromatic N) is 1. The Labute approximate surface area is 172 Å². The van der Waals surface area contributed by atoms with E-state index in [1.165, 1.54) is 4.90 Å². The van der Waals surface area contributed by atoms with Crippen molar-refractivity contribution in [1.82, 2.24) is 4.98 Å².